The molecule has 0 aliphatic heterocycles. The molecule has 10 heteroatoms. The largest absolute Gasteiger partial charge is 0.493 e. The maximum absolute atomic E-state index is 12.9. The molecule has 2 aromatic heterocycles. The molecule has 2 atom stereocenters. The summed E-state index contributed by atoms with van der Waals surface area (Å²) < 4.78 is 37.0. The van der Waals surface area contributed by atoms with Crippen LogP contribution < -0.4 is 10.1 Å². The fourth-order valence-electron chi connectivity index (χ4n) is 2.98. The summed E-state index contributed by atoms with van der Waals surface area (Å²) in [6.07, 6.45) is 1.41. The topological polar surface area (TPSA) is 110 Å². The quantitative estimate of drug-likeness (QED) is 0.571. The monoisotopic (exact) mass is 418 g/mol. The number of carboxylic acid groups (broad SMARTS) is 1. The number of benzene rings is 1. The minimum absolute atomic E-state index is 0.00575. The number of oxazole rings is 1. The lowest BCUT2D eigenvalue weighted by Gasteiger charge is -2.09. The Morgan fingerprint density at radius 3 is 2.77 bits per heavy atom. The molecule has 1 aliphatic carbocycles. The van der Waals surface area contributed by atoms with E-state index in [1.54, 1.807) is 37.4 Å². The zero-order valence-electron chi connectivity index (χ0n) is 16.1. The molecule has 0 bridgehead atoms. The predicted octanol–water partition coefficient (Wildman–Crippen LogP) is 3.91. The van der Waals surface area contributed by atoms with E-state index in [-0.39, 0.29) is 19.1 Å². The third kappa shape index (κ3) is 4.64. The average molecular weight is 418 g/mol. The van der Waals surface area contributed by atoms with Crippen LogP contribution in [0.5, 0.6) is 5.75 Å². The van der Waals surface area contributed by atoms with Crippen molar-refractivity contribution < 1.29 is 27.8 Å². The van der Waals surface area contributed by atoms with Crippen LogP contribution in [-0.2, 0) is 6.42 Å². The number of nitrogens with one attached hydrogen (secondary N) is 1. The number of aromatic nitrogens is 3. The van der Waals surface area contributed by atoms with E-state index in [0.717, 1.165) is 0 Å². The molecule has 1 aliphatic rings. The first kappa shape index (κ1) is 20.0. The van der Waals surface area contributed by atoms with Crippen molar-refractivity contribution in [1.82, 2.24) is 20.3 Å². The van der Waals surface area contributed by atoms with E-state index in [9.17, 15) is 13.6 Å². The number of carbonyl (C=O) groups is 1. The van der Waals surface area contributed by atoms with Crippen LogP contribution in [0.2, 0.25) is 0 Å². The highest BCUT2D eigenvalue weighted by Gasteiger charge is 2.57. The summed E-state index contributed by atoms with van der Waals surface area (Å²) in [6.45, 7) is 1.76. The van der Waals surface area contributed by atoms with Crippen molar-refractivity contribution in [3.05, 3.63) is 36.3 Å². The normalized spacial score (nSPS) is 18.2. The highest BCUT2D eigenvalue weighted by molar-refractivity contribution is 5.71. The van der Waals surface area contributed by atoms with Crippen LogP contribution in [0, 0.1) is 5.92 Å². The molecule has 1 amide bonds. The number of alkyl halides is 2. The fourth-order valence-corrected chi connectivity index (χ4v) is 2.98. The molecule has 0 radical (unpaired) electrons. The van der Waals surface area contributed by atoms with Crippen LogP contribution in [-0.4, -0.2) is 44.7 Å². The molecule has 158 valence electrons. The van der Waals surface area contributed by atoms with Gasteiger partial charge in [0.1, 0.15) is 17.1 Å². The molecule has 0 saturated heterocycles. The van der Waals surface area contributed by atoms with Gasteiger partial charge in [-0.3, -0.25) is 0 Å². The summed E-state index contributed by atoms with van der Waals surface area (Å²) in [5.41, 5.74) is 1.53. The number of hydrogen-bond donors (Lipinski definition) is 2. The number of amides is 1. The Balaban J connectivity index is 1.40. The van der Waals surface area contributed by atoms with E-state index in [0.29, 0.717) is 47.1 Å². The molecule has 1 aromatic carbocycles. The predicted molar refractivity (Wildman–Crippen MR) is 103 cm³/mol. The number of halogens is 2. The van der Waals surface area contributed by atoms with Gasteiger partial charge in [0, 0.05) is 24.4 Å². The third-order valence-electron chi connectivity index (χ3n) is 4.88. The maximum Gasteiger partial charge on any atom is 0.404 e. The number of nitrogens with zero attached hydrogens (tertiary/aromatic N) is 3. The molecule has 4 rings (SSSR count). The zero-order chi connectivity index (χ0) is 21.3. The van der Waals surface area contributed by atoms with Crippen LogP contribution in [0.3, 0.4) is 0 Å². The van der Waals surface area contributed by atoms with Crippen molar-refractivity contribution >= 4 is 17.3 Å². The number of fused-ring (bicyclic) bond motifs is 1. The summed E-state index contributed by atoms with van der Waals surface area (Å²) in [7, 11) is 0. The van der Waals surface area contributed by atoms with E-state index >= 15 is 0 Å². The summed E-state index contributed by atoms with van der Waals surface area (Å²) in [5.74, 6) is -1.90. The van der Waals surface area contributed by atoms with Gasteiger partial charge in [0.05, 0.1) is 18.7 Å². The molecular weight excluding hydrogens is 398 g/mol. The highest BCUT2D eigenvalue weighted by atomic mass is 19.3. The van der Waals surface area contributed by atoms with E-state index in [4.69, 9.17) is 14.3 Å². The van der Waals surface area contributed by atoms with Crippen molar-refractivity contribution in [3.8, 4) is 17.2 Å². The molecule has 2 heterocycles. The molecule has 8 nitrogen and oxygen atoms in total. The molecular formula is C20H20F2N4O4. The summed E-state index contributed by atoms with van der Waals surface area (Å²) in [4.78, 5) is 23.6. The molecule has 0 unspecified atom stereocenters. The second kappa shape index (κ2) is 7.85. The number of aryl methyl sites for hydroxylation is 1. The SMILES string of the molecule is C[C@@H](CCc1ncc2nc(-c3ccc(OC[C@H]4CC4(F)F)cc3)oc2n1)NC(=O)O. The number of hydrogen-bond acceptors (Lipinski definition) is 6. The Kier molecular flexibility index (Phi) is 5.23. The van der Waals surface area contributed by atoms with Crippen LogP contribution in [0.1, 0.15) is 25.6 Å². The molecule has 1 fully saturated rings. The van der Waals surface area contributed by atoms with Gasteiger partial charge in [-0.2, -0.15) is 4.98 Å². The van der Waals surface area contributed by atoms with Crippen LogP contribution in [0.15, 0.2) is 34.9 Å². The van der Waals surface area contributed by atoms with Gasteiger partial charge in [0.15, 0.2) is 0 Å². The van der Waals surface area contributed by atoms with Gasteiger partial charge in [-0.25, -0.2) is 23.5 Å². The van der Waals surface area contributed by atoms with Crippen molar-refractivity contribution in [3.63, 3.8) is 0 Å². The van der Waals surface area contributed by atoms with Gasteiger partial charge in [-0.15, -0.1) is 0 Å². The summed E-state index contributed by atoms with van der Waals surface area (Å²) >= 11 is 0. The molecule has 0 spiro atoms. The van der Waals surface area contributed by atoms with Gasteiger partial charge in [-0.1, -0.05) is 0 Å². The minimum atomic E-state index is -2.59. The first-order valence-corrected chi connectivity index (χ1v) is 9.53. The fraction of sp³-hybridized carbons (Fsp3) is 0.400. The first-order valence-electron chi connectivity index (χ1n) is 9.53. The maximum atomic E-state index is 12.9. The van der Waals surface area contributed by atoms with Gasteiger partial charge in [-0.05, 0) is 37.6 Å². The molecule has 3 aromatic rings. The van der Waals surface area contributed by atoms with Gasteiger partial charge >= 0.3 is 6.09 Å². The molecule has 1 saturated carbocycles. The summed E-state index contributed by atoms with van der Waals surface area (Å²) in [5, 5.41) is 11.1. The van der Waals surface area contributed by atoms with E-state index in [1.165, 1.54) is 0 Å². The minimum Gasteiger partial charge on any atom is -0.493 e. The number of rotatable bonds is 8. The van der Waals surface area contributed by atoms with Crippen molar-refractivity contribution in [2.45, 2.75) is 38.2 Å². The second-order valence-corrected chi connectivity index (χ2v) is 7.38. The van der Waals surface area contributed by atoms with E-state index < -0.39 is 17.9 Å². The Labute approximate surface area is 170 Å². The second-order valence-electron chi connectivity index (χ2n) is 7.38. The van der Waals surface area contributed by atoms with E-state index in [1.807, 2.05) is 0 Å². The molecule has 2 N–H and O–H groups in total. The third-order valence-corrected chi connectivity index (χ3v) is 4.88. The highest BCUT2D eigenvalue weighted by Crippen LogP contribution is 2.48. The van der Waals surface area contributed by atoms with Crippen LogP contribution >= 0.6 is 0 Å². The van der Waals surface area contributed by atoms with Gasteiger partial charge in [0.25, 0.3) is 11.6 Å². The van der Waals surface area contributed by atoms with Crippen molar-refractivity contribution in [2.24, 2.45) is 5.92 Å². The first-order chi connectivity index (χ1) is 14.3. The van der Waals surface area contributed by atoms with Crippen molar-refractivity contribution in [2.75, 3.05) is 6.61 Å². The lowest BCUT2D eigenvalue weighted by atomic mass is 10.2. The summed E-state index contributed by atoms with van der Waals surface area (Å²) in [6, 6.07) is 6.60. The van der Waals surface area contributed by atoms with E-state index in [2.05, 4.69) is 20.3 Å². The smallest absolute Gasteiger partial charge is 0.404 e. The zero-order valence-corrected chi connectivity index (χ0v) is 16.1. The Hall–Kier alpha value is -3.30. The van der Waals surface area contributed by atoms with Crippen LogP contribution in [0.4, 0.5) is 13.6 Å². The lowest BCUT2D eigenvalue weighted by molar-refractivity contribution is 0.0856. The Morgan fingerprint density at radius 1 is 1.37 bits per heavy atom. The lowest BCUT2D eigenvalue weighted by Crippen LogP contribution is -2.31. The van der Waals surface area contributed by atoms with Gasteiger partial charge in [0.2, 0.25) is 5.89 Å². The molecule has 30 heavy (non-hydrogen) atoms. The average Bonchev–Trinajstić information content (AvgIpc) is 3.10. The Morgan fingerprint density at radius 2 is 2.10 bits per heavy atom. The standard InChI is InChI=1S/C20H20F2N4O4/c1-11(24-19(27)28)2-7-16-23-9-15-18(26-16)30-17(25-15)12-3-5-14(6-4-12)29-10-13-8-20(13,21)22/h3-6,9,11,13,24H,2,7-8,10H2,1H3,(H,27,28)/t11-,13+/m0/s1. The van der Waals surface area contributed by atoms with Crippen molar-refractivity contribution in [1.29, 1.82) is 0 Å². The van der Waals surface area contributed by atoms with Gasteiger partial charge < -0.3 is 19.6 Å². The van der Waals surface area contributed by atoms with Crippen LogP contribution in [0.25, 0.3) is 22.7 Å². The number of ether oxygens (including phenoxy) is 1. The Bertz CT molecular complexity index is 1050.